The van der Waals surface area contributed by atoms with Crippen molar-refractivity contribution in [2.45, 2.75) is 0 Å². The summed E-state index contributed by atoms with van der Waals surface area (Å²) < 4.78 is 35.8. The van der Waals surface area contributed by atoms with Gasteiger partial charge in [-0.05, 0) is 30.3 Å². The highest BCUT2D eigenvalue weighted by Crippen LogP contribution is 2.33. The van der Waals surface area contributed by atoms with E-state index in [9.17, 15) is 8.42 Å². The predicted molar refractivity (Wildman–Crippen MR) is 119 cm³/mol. The summed E-state index contributed by atoms with van der Waals surface area (Å²) in [5.74, 6) is 1.98. The Morgan fingerprint density at radius 1 is 0.935 bits per heavy atom. The Bertz CT molecular complexity index is 1230. The molecule has 1 aliphatic rings. The number of aromatic nitrogens is 3. The quantitative estimate of drug-likeness (QED) is 0.621. The van der Waals surface area contributed by atoms with E-state index >= 15 is 0 Å². The molecule has 1 aliphatic heterocycles. The molecule has 2 aromatic heterocycles. The van der Waals surface area contributed by atoms with Crippen molar-refractivity contribution in [2.24, 2.45) is 0 Å². The zero-order chi connectivity index (χ0) is 22.2. The maximum absolute atomic E-state index is 11.8. The van der Waals surface area contributed by atoms with Crippen LogP contribution in [0.3, 0.4) is 0 Å². The molecule has 1 aromatic carbocycles. The Morgan fingerprint density at radius 2 is 1.65 bits per heavy atom. The number of nitrogen functional groups attached to an aromatic ring is 1. The molecule has 0 radical (unpaired) electrons. The molecule has 4 rings (SSSR count). The van der Waals surface area contributed by atoms with Crippen molar-refractivity contribution in [3.05, 3.63) is 30.3 Å². The molecule has 2 N–H and O–H groups in total. The molecule has 0 unspecified atom stereocenters. The molecular formula is C20H24N6O4S. The summed E-state index contributed by atoms with van der Waals surface area (Å²) in [6.07, 6.45) is 1.22. The lowest BCUT2D eigenvalue weighted by atomic mass is 10.1. The Balaban J connectivity index is 1.74. The number of nitrogens with zero attached hydrogens (tertiary/aromatic N) is 5. The molecule has 164 valence electrons. The number of methoxy groups -OCH3 is 2. The fourth-order valence-electron chi connectivity index (χ4n) is 3.62. The first kappa shape index (κ1) is 21.1. The minimum absolute atomic E-state index is 0.147. The summed E-state index contributed by atoms with van der Waals surface area (Å²) in [6, 6.07) is 9.29. The van der Waals surface area contributed by atoms with Crippen molar-refractivity contribution < 1.29 is 17.9 Å². The molecule has 0 atom stereocenters. The Hall–Kier alpha value is -3.18. The number of hydrogen-bond donors (Lipinski definition) is 1. The minimum Gasteiger partial charge on any atom is -0.493 e. The van der Waals surface area contributed by atoms with E-state index in [0.29, 0.717) is 54.5 Å². The zero-order valence-electron chi connectivity index (χ0n) is 17.6. The maximum Gasteiger partial charge on any atom is 0.222 e. The van der Waals surface area contributed by atoms with Gasteiger partial charge in [-0.1, -0.05) is 0 Å². The number of rotatable bonds is 5. The largest absolute Gasteiger partial charge is 0.493 e. The number of ether oxygens (including phenoxy) is 2. The number of benzene rings is 1. The molecule has 0 bridgehead atoms. The van der Waals surface area contributed by atoms with Crippen molar-refractivity contribution in [1.29, 1.82) is 0 Å². The summed E-state index contributed by atoms with van der Waals surface area (Å²) in [6.45, 7) is 1.72. The predicted octanol–water partition coefficient (Wildman–Crippen LogP) is 1.37. The van der Waals surface area contributed by atoms with Gasteiger partial charge in [-0.2, -0.15) is 9.29 Å². The fraction of sp³-hybridized carbons (Fsp3) is 0.350. The van der Waals surface area contributed by atoms with E-state index in [4.69, 9.17) is 20.2 Å². The molecule has 0 aliphatic carbocycles. The van der Waals surface area contributed by atoms with Crippen molar-refractivity contribution >= 4 is 32.8 Å². The van der Waals surface area contributed by atoms with Crippen LogP contribution in [0.2, 0.25) is 0 Å². The van der Waals surface area contributed by atoms with E-state index in [-0.39, 0.29) is 5.95 Å². The summed E-state index contributed by atoms with van der Waals surface area (Å²) in [5, 5.41) is 0. The summed E-state index contributed by atoms with van der Waals surface area (Å²) in [7, 11) is -0.0555. The van der Waals surface area contributed by atoms with Crippen LogP contribution in [0.5, 0.6) is 11.5 Å². The van der Waals surface area contributed by atoms with E-state index in [1.165, 1.54) is 10.6 Å². The lowest BCUT2D eigenvalue weighted by molar-refractivity contribution is 0.355. The van der Waals surface area contributed by atoms with Crippen LogP contribution in [-0.2, 0) is 10.0 Å². The van der Waals surface area contributed by atoms with Gasteiger partial charge in [-0.3, -0.25) is 0 Å². The highest BCUT2D eigenvalue weighted by atomic mass is 32.2. The molecule has 11 heteroatoms. The summed E-state index contributed by atoms with van der Waals surface area (Å²) >= 11 is 0. The number of sulfonamides is 1. The van der Waals surface area contributed by atoms with Gasteiger partial charge in [0.1, 0.15) is 5.52 Å². The van der Waals surface area contributed by atoms with Gasteiger partial charge in [0, 0.05) is 31.7 Å². The van der Waals surface area contributed by atoms with E-state index in [1.54, 1.807) is 14.2 Å². The standard InChI is InChI=1S/C20H24N6O4S/c1-29-16-7-4-13(12-17(16)30-2)14-5-6-15-18(22-14)19(24-20(21)23-15)25-8-10-26(11-9-25)31(3,27)28/h4-7,12H,8-11H2,1-3H3,(H2,21,23,24). The van der Waals surface area contributed by atoms with E-state index in [0.717, 1.165) is 11.3 Å². The van der Waals surface area contributed by atoms with E-state index in [1.807, 2.05) is 35.2 Å². The molecule has 31 heavy (non-hydrogen) atoms. The molecule has 1 saturated heterocycles. The number of pyridine rings is 1. The van der Waals surface area contributed by atoms with Gasteiger partial charge < -0.3 is 20.1 Å². The van der Waals surface area contributed by atoms with Gasteiger partial charge >= 0.3 is 0 Å². The van der Waals surface area contributed by atoms with Crippen molar-refractivity contribution in [1.82, 2.24) is 19.3 Å². The molecule has 3 heterocycles. The monoisotopic (exact) mass is 444 g/mol. The van der Waals surface area contributed by atoms with E-state index in [2.05, 4.69) is 9.97 Å². The van der Waals surface area contributed by atoms with Gasteiger partial charge in [0.25, 0.3) is 0 Å². The third kappa shape index (κ3) is 4.19. The molecule has 0 spiro atoms. The van der Waals surface area contributed by atoms with Crippen LogP contribution in [-0.4, -0.2) is 74.3 Å². The first-order valence-electron chi connectivity index (χ1n) is 9.67. The van der Waals surface area contributed by atoms with Crippen molar-refractivity contribution in [3.63, 3.8) is 0 Å². The maximum atomic E-state index is 11.8. The number of nitrogens with two attached hydrogens (primary N) is 1. The van der Waals surface area contributed by atoms with Crippen LogP contribution in [0.25, 0.3) is 22.3 Å². The van der Waals surface area contributed by atoms with Crippen LogP contribution in [0.15, 0.2) is 30.3 Å². The van der Waals surface area contributed by atoms with Crippen LogP contribution >= 0.6 is 0 Å². The van der Waals surface area contributed by atoms with Crippen LogP contribution in [0, 0.1) is 0 Å². The lowest BCUT2D eigenvalue weighted by Crippen LogP contribution is -2.48. The SMILES string of the molecule is COc1ccc(-c2ccc3nc(N)nc(N4CCN(S(C)(=O)=O)CC4)c3n2)cc1OC. The second-order valence-electron chi connectivity index (χ2n) is 7.19. The molecule has 0 amide bonds. The molecule has 1 fully saturated rings. The normalized spacial score (nSPS) is 15.3. The summed E-state index contributed by atoms with van der Waals surface area (Å²) in [5.41, 5.74) is 8.73. The van der Waals surface area contributed by atoms with Gasteiger partial charge in [-0.25, -0.2) is 18.4 Å². The topological polar surface area (TPSA) is 124 Å². The number of hydrogen-bond acceptors (Lipinski definition) is 9. The van der Waals surface area contributed by atoms with Gasteiger partial charge in [0.05, 0.1) is 31.7 Å². The average molecular weight is 445 g/mol. The number of anilines is 2. The van der Waals surface area contributed by atoms with Gasteiger partial charge in [0.2, 0.25) is 16.0 Å². The van der Waals surface area contributed by atoms with Crippen molar-refractivity contribution in [3.8, 4) is 22.8 Å². The zero-order valence-corrected chi connectivity index (χ0v) is 18.4. The smallest absolute Gasteiger partial charge is 0.222 e. The highest BCUT2D eigenvalue weighted by Gasteiger charge is 2.26. The minimum atomic E-state index is -3.23. The fourth-order valence-corrected chi connectivity index (χ4v) is 4.45. The third-order valence-corrected chi connectivity index (χ3v) is 6.53. The lowest BCUT2D eigenvalue weighted by Gasteiger charge is -2.34. The number of piperazine rings is 1. The third-order valence-electron chi connectivity index (χ3n) is 5.23. The average Bonchev–Trinajstić information content (AvgIpc) is 2.77. The Morgan fingerprint density at radius 3 is 2.29 bits per heavy atom. The van der Waals surface area contributed by atoms with E-state index < -0.39 is 10.0 Å². The van der Waals surface area contributed by atoms with Gasteiger partial charge in [0.15, 0.2) is 17.3 Å². The molecule has 3 aromatic rings. The first-order valence-corrected chi connectivity index (χ1v) is 11.5. The van der Waals surface area contributed by atoms with Crippen LogP contribution < -0.4 is 20.1 Å². The number of fused-ring (bicyclic) bond motifs is 1. The highest BCUT2D eigenvalue weighted by molar-refractivity contribution is 7.88. The second-order valence-corrected chi connectivity index (χ2v) is 9.17. The van der Waals surface area contributed by atoms with Crippen LogP contribution in [0.4, 0.5) is 11.8 Å². The molecule has 10 nitrogen and oxygen atoms in total. The van der Waals surface area contributed by atoms with Crippen molar-refractivity contribution in [2.75, 3.05) is 57.3 Å². The molecule has 0 saturated carbocycles. The second kappa shape index (κ2) is 8.16. The Kier molecular flexibility index (Phi) is 5.54. The molecular weight excluding hydrogens is 420 g/mol. The summed E-state index contributed by atoms with van der Waals surface area (Å²) in [4.78, 5) is 15.5. The first-order chi connectivity index (χ1) is 14.8. The van der Waals surface area contributed by atoms with Crippen LogP contribution in [0.1, 0.15) is 0 Å². The Labute approximate surface area is 180 Å². The van der Waals surface area contributed by atoms with Gasteiger partial charge in [-0.15, -0.1) is 0 Å².